The molecule has 1 heteroatoms. The number of benzene rings is 4. The zero-order valence-electron chi connectivity index (χ0n) is 18.9. The topological polar surface area (TPSA) is 9.23 Å². The van der Waals surface area contributed by atoms with Crippen molar-refractivity contribution in [3.63, 3.8) is 0 Å². The molecule has 8 rings (SSSR count). The van der Waals surface area contributed by atoms with Crippen molar-refractivity contribution in [3.05, 3.63) is 136 Å². The van der Waals surface area contributed by atoms with Crippen molar-refractivity contribution in [2.75, 3.05) is 0 Å². The number of hydrogen-bond donors (Lipinski definition) is 0. The highest BCUT2D eigenvalue weighted by atomic mass is 16.5. The average Bonchev–Trinajstić information content (AvgIpc) is 3.20. The predicted molar refractivity (Wildman–Crippen MR) is 138 cm³/mol. The number of fused-ring (bicyclic) bond motifs is 13. The molecule has 162 valence electrons. The Kier molecular flexibility index (Phi) is 3.61. The molecule has 0 aromatic heterocycles. The van der Waals surface area contributed by atoms with Gasteiger partial charge in [-0.25, -0.2) is 0 Å². The van der Waals surface area contributed by atoms with E-state index in [9.17, 15) is 0 Å². The summed E-state index contributed by atoms with van der Waals surface area (Å²) in [5.74, 6) is 1.25. The molecule has 1 spiro atoms. The third-order valence-electron chi connectivity index (χ3n) is 8.43. The Morgan fingerprint density at radius 2 is 1.44 bits per heavy atom. The highest BCUT2D eigenvalue weighted by Gasteiger charge is 2.57. The lowest BCUT2D eigenvalue weighted by molar-refractivity contribution is 0.102. The van der Waals surface area contributed by atoms with E-state index in [0.717, 1.165) is 18.6 Å². The van der Waals surface area contributed by atoms with Crippen LogP contribution in [-0.2, 0) is 11.8 Å². The molecule has 1 aliphatic heterocycles. The van der Waals surface area contributed by atoms with Crippen molar-refractivity contribution in [2.24, 2.45) is 5.92 Å². The van der Waals surface area contributed by atoms with Gasteiger partial charge in [0.2, 0.25) is 0 Å². The lowest BCUT2D eigenvalue weighted by atomic mass is 9.58. The normalized spacial score (nSPS) is 21.5. The van der Waals surface area contributed by atoms with Crippen LogP contribution in [0.15, 0.2) is 97.1 Å². The minimum atomic E-state index is -0.282. The van der Waals surface area contributed by atoms with Crippen LogP contribution in [0.4, 0.5) is 0 Å². The molecule has 4 aliphatic rings. The van der Waals surface area contributed by atoms with Crippen molar-refractivity contribution in [1.29, 1.82) is 0 Å². The first-order valence-electron chi connectivity index (χ1n) is 12.3. The van der Waals surface area contributed by atoms with Gasteiger partial charge in [-0.1, -0.05) is 109 Å². The lowest BCUT2D eigenvalue weighted by Gasteiger charge is -2.49. The van der Waals surface area contributed by atoms with Gasteiger partial charge in [0.15, 0.2) is 0 Å². The summed E-state index contributed by atoms with van der Waals surface area (Å²) in [7, 11) is 0. The van der Waals surface area contributed by atoms with E-state index in [1.54, 1.807) is 0 Å². The lowest BCUT2D eigenvalue weighted by Crippen LogP contribution is -2.45. The number of ether oxygens (including phenoxy) is 1. The van der Waals surface area contributed by atoms with Crippen molar-refractivity contribution >= 4 is 12.2 Å². The van der Waals surface area contributed by atoms with Crippen LogP contribution >= 0.6 is 0 Å². The minimum absolute atomic E-state index is 0.0326. The minimum Gasteiger partial charge on any atom is -0.484 e. The maximum absolute atomic E-state index is 7.08. The van der Waals surface area contributed by atoms with Gasteiger partial charge >= 0.3 is 0 Å². The van der Waals surface area contributed by atoms with Gasteiger partial charge < -0.3 is 4.74 Å². The second kappa shape index (κ2) is 6.61. The van der Waals surface area contributed by atoms with Crippen LogP contribution in [-0.4, -0.2) is 0 Å². The molecule has 34 heavy (non-hydrogen) atoms. The summed E-state index contributed by atoms with van der Waals surface area (Å²) >= 11 is 0. The monoisotopic (exact) mass is 436 g/mol. The van der Waals surface area contributed by atoms with Gasteiger partial charge in [-0.3, -0.25) is 0 Å². The Morgan fingerprint density at radius 1 is 0.706 bits per heavy atom. The summed E-state index contributed by atoms with van der Waals surface area (Å²) in [6.45, 7) is 0. The first kappa shape index (κ1) is 18.6. The second-order valence-electron chi connectivity index (χ2n) is 9.91. The molecule has 0 saturated heterocycles. The van der Waals surface area contributed by atoms with E-state index in [4.69, 9.17) is 4.74 Å². The van der Waals surface area contributed by atoms with E-state index in [2.05, 4.69) is 109 Å². The number of rotatable bonds is 0. The quantitative estimate of drug-likeness (QED) is 0.274. The summed E-state index contributed by atoms with van der Waals surface area (Å²) < 4.78 is 7.08. The first-order chi connectivity index (χ1) is 16.9. The van der Waals surface area contributed by atoms with Crippen LogP contribution in [0.25, 0.3) is 23.3 Å². The van der Waals surface area contributed by atoms with E-state index in [0.29, 0.717) is 0 Å². The van der Waals surface area contributed by atoms with E-state index in [1.807, 2.05) is 0 Å². The van der Waals surface area contributed by atoms with E-state index >= 15 is 0 Å². The van der Waals surface area contributed by atoms with Gasteiger partial charge in [0.1, 0.15) is 11.9 Å². The van der Waals surface area contributed by atoms with Crippen molar-refractivity contribution in [3.8, 4) is 16.9 Å². The van der Waals surface area contributed by atoms with E-state index in [-0.39, 0.29) is 17.4 Å². The molecule has 0 amide bonds. The standard InChI is InChI=1S/C33H24O/c1-3-11-23-21(9-1)17-19-29-31(23)34-32-24-12-4-2-10-22(24)18-20-30(32)33(29)27-15-7-5-13-25(27)26-14-6-8-16-28(26)33/h1,3-9,11-20,29,31H,2,10H2. The smallest absolute Gasteiger partial charge is 0.132 e. The Hall–Kier alpha value is -3.84. The van der Waals surface area contributed by atoms with Gasteiger partial charge in [-0.15, -0.1) is 0 Å². The molecular weight excluding hydrogens is 412 g/mol. The van der Waals surface area contributed by atoms with Gasteiger partial charge in [0.25, 0.3) is 0 Å². The molecule has 4 aromatic rings. The Labute approximate surface area is 200 Å². The van der Waals surface area contributed by atoms with Crippen LogP contribution in [0.1, 0.15) is 51.5 Å². The molecule has 1 nitrogen and oxygen atoms in total. The molecule has 4 aromatic carbocycles. The molecule has 2 atom stereocenters. The van der Waals surface area contributed by atoms with E-state index < -0.39 is 0 Å². The summed E-state index contributed by atoms with van der Waals surface area (Å²) in [6, 6.07) is 31.5. The van der Waals surface area contributed by atoms with Gasteiger partial charge in [-0.2, -0.15) is 0 Å². The van der Waals surface area contributed by atoms with Gasteiger partial charge in [-0.05, 0) is 46.2 Å². The SMILES string of the molecule is C1=Cc2c(ccc3c2OC2c4ccccc4C=CC2C32c3ccccc3-c3ccccc32)CC1. The third-order valence-corrected chi connectivity index (χ3v) is 8.43. The first-order valence-corrected chi connectivity index (χ1v) is 12.3. The van der Waals surface area contributed by atoms with Crippen LogP contribution in [0.2, 0.25) is 0 Å². The molecule has 0 radical (unpaired) electrons. The van der Waals surface area contributed by atoms with Crippen LogP contribution in [0, 0.1) is 5.92 Å². The zero-order valence-corrected chi connectivity index (χ0v) is 18.9. The maximum Gasteiger partial charge on any atom is 0.132 e. The molecule has 2 unspecified atom stereocenters. The number of allylic oxidation sites excluding steroid dienone is 1. The largest absolute Gasteiger partial charge is 0.484 e. The second-order valence-corrected chi connectivity index (χ2v) is 9.91. The van der Waals surface area contributed by atoms with E-state index in [1.165, 1.54) is 50.1 Å². The fourth-order valence-corrected chi connectivity index (χ4v) is 7.07. The summed E-state index contributed by atoms with van der Waals surface area (Å²) in [5.41, 5.74) is 11.8. The molecule has 0 N–H and O–H groups in total. The van der Waals surface area contributed by atoms with Gasteiger partial charge in [0.05, 0.1) is 5.41 Å². The van der Waals surface area contributed by atoms with Crippen LogP contribution in [0.3, 0.4) is 0 Å². The summed E-state index contributed by atoms with van der Waals surface area (Å²) in [6.07, 6.45) is 11.5. The fraction of sp³-hybridized carbons (Fsp3) is 0.152. The predicted octanol–water partition coefficient (Wildman–Crippen LogP) is 7.74. The van der Waals surface area contributed by atoms with Crippen molar-refractivity contribution in [2.45, 2.75) is 24.4 Å². The highest BCUT2D eigenvalue weighted by molar-refractivity contribution is 5.86. The molecule has 0 fully saturated rings. The number of hydrogen-bond acceptors (Lipinski definition) is 1. The number of aryl methyl sites for hydroxylation is 1. The highest BCUT2D eigenvalue weighted by Crippen LogP contribution is 2.65. The Bertz CT molecular complexity index is 1510. The fourth-order valence-electron chi connectivity index (χ4n) is 7.07. The third kappa shape index (κ3) is 2.16. The van der Waals surface area contributed by atoms with Crippen LogP contribution in [0.5, 0.6) is 5.75 Å². The van der Waals surface area contributed by atoms with Crippen molar-refractivity contribution in [1.82, 2.24) is 0 Å². The van der Waals surface area contributed by atoms with Gasteiger partial charge in [0, 0.05) is 22.6 Å². The molecule has 0 bridgehead atoms. The summed E-state index contributed by atoms with van der Waals surface area (Å²) in [5, 5.41) is 0. The zero-order chi connectivity index (χ0) is 22.3. The summed E-state index contributed by atoms with van der Waals surface area (Å²) in [4.78, 5) is 0. The maximum atomic E-state index is 7.08. The molecule has 0 saturated carbocycles. The Morgan fingerprint density at radius 3 is 2.26 bits per heavy atom. The van der Waals surface area contributed by atoms with Crippen LogP contribution < -0.4 is 4.74 Å². The van der Waals surface area contributed by atoms with Crippen molar-refractivity contribution < 1.29 is 4.74 Å². The molecule has 3 aliphatic carbocycles. The molecule has 1 heterocycles. The molecular formula is C33H24O. The average molecular weight is 437 g/mol. The Balaban J connectivity index is 1.54.